The molecular formula is C21H27FN8OS. The molecule has 1 aliphatic rings. The molecule has 3 aromatic rings. The fourth-order valence-electron chi connectivity index (χ4n) is 3.95. The molecule has 0 spiro atoms. The van der Waals surface area contributed by atoms with Gasteiger partial charge in [-0.15, -0.1) is 0 Å². The first-order chi connectivity index (χ1) is 15.2. The first kappa shape index (κ1) is 22.2. The summed E-state index contributed by atoms with van der Waals surface area (Å²) in [5.74, 6) is 0.283. The molecule has 9 nitrogen and oxygen atoms in total. The second-order valence-electron chi connectivity index (χ2n) is 8.07. The van der Waals surface area contributed by atoms with Gasteiger partial charge in [0, 0.05) is 43.1 Å². The van der Waals surface area contributed by atoms with E-state index in [0.717, 1.165) is 17.0 Å². The highest BCUT2D eigenvalue weighted by Gasteiger charge is 2.27. The molecule has 2 atom stereocenters. The third-order valence-corrected chi connectivity index (χ3v) is 6.46. The highest BCUT2D eigenvalue weighted by atomic mass is 32.1. The minimum Gasteiger partial charge on any atom is -0.389 e. The van der Waals surface area contributed by atoms with Crippen LogP contribution in [0.1, 0.15) is 34.7 Å². The van der Waals surface area contributed by atoms with Gasteiger partial charge in [0.1, 0.15) is 21.9 Å². The van der Waals surface area contributed by atoms with Gasteiger partial charge in [0.15, 0.2) is 11.5 Å². The van der Waals surface area contributed by atoms with Crippen LogP contribution in [0.4, 0.5) is 20.9 Å². The van der Waals surface area contributed by atoms with E-state index < -0.39 is 18.1 Å². The van der Waals surface area contributed by atoms with Crippen molar-refractivity contribution in [2.24, 2.45) is 12.8 Å². The Hall–Kier alpha value is -3.05. The van der Waals surface area contributed by atoms with Gasteiger partial charge in [-0.1, -0.05) is 11.3 Å². The van der Waals surface area contributed by atoms with Crippen molar-refractivity contribution in [3.8, 4) is 10.6 Å². The molecule has 0 saturated carbocycles. The summed E-state index contributed by atoms with van der Waals surface area (Å²) in [5, 5.41) is 8.15. The van der Waals surface area contributed by atoms with E-state index in [4.69, 9.17) is 11.5 Å². The van der Waals surface area contributed by atoms with E-state index in [9.17, 15) is 9.18 Å². The summed E-state index contributed by atoms with van der Waals surface area (Å²) in [6.07, 6.45) is 1.38. The van der Waals surface area contributed by atoms with Gasteiger partial charge in [0.05, 0.1) is 6.20 Å². The van der Waals surface area contributed by atoms with Crippen LogP contribution in [-0.2, 0) is 7.05 Å². The van der Waals surface area contributed by atoms with Crippen LogP contribution in [0.2, 0.25) is 0 Å². The summed E-state index contributed by atoms with van der Waals surface area (Å²) in [6, 6.07) is 3.34. The van der Waals surface area contributed by atoms with Crippen LogP contribution in [0.15, 0.2) is 18.3 Å². The summed E-state index contributed by atoms with van der Waals surface area (Å²) in [5.41, 5.74) is 15.3. The van der Waals surface area contributed by atoms with Crippen LogP contribution in [0.25, 0.3) is 10.6 Å². The number of carbonyl (C=O) groups is 1. The highest BCUT2D eigenvalue weighted by molar-refractivity contribution is 7.19. The Kier molecular flexibility index (Phi) is 6.11. The summed E-state index contributed by atoms with van der Waals surface area (Å²) < 4.78 is 15.7. The number of thiazole rings is 1. The van der Waals surface area contributed by atoms with Crippen molar-refractivity contribution in [2.75, 3.05) is 29.0 Å². The number of nitrogens with zero attached hydrogens (tertiary/aromatic N) is 5. The van der Waals surface area contributed by atoms with Gasteiger partial charge in [0.25, 0.3) is 5.91 Å². The molecule has 5 N–H and O–H groups in total. The number of alkyl halides is 1. The lowest BCUT2D eigenvalue weighted by Crippen LogP contribution is -2.31. The standard InChI is InChI=1S/C21H27FN8OS/c1-11-8-13(9-12(2)26-11)20-28-17(18(24)32-20)19(31)27-16-10-25-29(3)21(16)30-6-4-14(22)15(23)5-7-30/h8-10,14-15H,4-7,23-24H2,1-3H3,(H,27,31)/t14-,15-/m1/s1. The minimum absolute atomic E-state index is 0.161. The van der Waals surface area contributed by atoms with E-state index in [1.165, 1.54) is 11.3 Å². The number of carbonyl (C=O) groups excluding carboxylic acids is 1. The lowest BCUT2D eigenvalue weighted by Gasteiger charge is -2.24. The molecule has 0 aliphatic carbocycles. The molecule has 0 unspecified atom stereocenters. The molecule has 0 aromatic carbocycles. The largest absolute Gasteiger partial charge is 0.389 e. The number of pyridine rings is 1. The topological polar surface area (TPSA) is 128 Å². The number of rotatable bonds is 4. The summed E-state index contributed by atoms with van der Waals surface area (Å²) in [7, 11) is 1.78. The predicted octanol–water partition coefficient (Wildman–Crippen LogP) is 2.66. The molecule has 3 aromatic heterocycles. The smallest absolute Gasteiger partial charge is 0.277 e. The number of hydrogen-bond acceptors (Lipinski definition) is 8. The van der Waals surface area contributed by atoms with Crippen LogP contribution in [-0.4, -0.2) is 51.0 Å². The molecule has 4 heterocycles. The number of aromatic nitrogens is 4. The first-order valence-corrected chi connectivity index (χ1v) is 11.2. The van der Waals surface area contributed by atoms with Crippen molar-refractivity contribution in [1.29, 1.82) is 0 Å². The summed E-state index contributed by atoms with van der Waals surface area (Å²) in [6.45, 7) is 4.88. The van der Waals surface area contributed by atoms with Gasteiger partial charge in [-0.25, -0.2) is 9.37 Å². The van der Waals surface area contributed by atoms with Gasteiger partial charge >= 0.3 is 0 Å². The van der Waals surface area contributed by atoms with Crippen molar-refractivity contribution in [1.82, 2.24) is 19.7 Å². The van der Waals surface area contributed by atoms with Gasteiger partial charge in [-0.05, 0) is 38.8 Å². The zero-order valence-electron chi connectivity index (χ0n) is 18.3. The third-order valence-electron chi connectivity index (χ3n) is 5.52. The Labute approximate surface area is 189 Å². The fraction of sp³-hybridized carbons (Fsp3) is 0.429. The van der Waals surface area contributed by atoms with Crippen LogP contribution >= 0.6 is 11.3 Å². The molecule has 170 valence electrons. The molecule has 11 heteroatoms. The zero-order chi connectivity index (χ0) is 23.0. The average Bonchev–Trinajstić information content (AvgIpc) is 3.25. The number of nitrogens with two attached hydrogens (primary N) is 2. The van der Waals surface area contributed by atoms with E-state index in [-0.39, 0.29) is 5.69 Å². The summed E-state index contributed by atoms with van der Waals surface area (Å²) in [4.78, 5) is 23.9. The van der Waals surface area contributed by atoms with Gasteiger partial charge in [-0.3, -0.25) is 14.5 Å². The van der Waals surface area contributed by atoms with E-state index in [1.807, 2.05) is 30.9 Å². The molecule has 32 heavy (non-hydrogen) atoms. The molecular weight excluding hydrogens is 431 g/mol. The van der Waals surface area contributed by atoms with Gasteiger partial charge in [-0.2, -0.15) is 5.10 Å². The lowest BCUT2D eigenvalue weighted by molar-refractivity contribution is 0.102. The van der Waals surface area contributed by atoms with Crippen molar-refractivity contribution in [3.63, 3.8) is 0 Å². The van der Waals surface area contributed by atoms with Gasteiger partial charge in [0.2, 0.25) is 0 Å². The molecule has 1 aliphatic heterocycles. The van der Waals surface area contributed by atoms with E-state index in [1.54, 1.807) is 17.9 Å². The Morgan fingerprint density at radius 2 is 1.91 bits per heavy atom. The quantitative estimate of drug-likeness (QED) is 0.548. The van der Waals surface area contributed by atoms with Crippen LogP contribution in [0, 0.1) is 13.8 Å². The Balaban J connectivity index is 1.57. The number of nitrogen functional groups attached to an aromatic ring is 1. The van der Waals surface area contributed by atoms with E-state index >= 15 is 0 Å². The normalized spacial score (nSPS) is 19.1. The number of aryl methyl sites for hydroxylation is 3. The number of hydrogen-bond donors (Lipinski definition) is 3. The SMILES string of the molecule is Cc1cc(-c2nc(C(=O)Nc3cnn(C)c3N3CC[C@@H](N)[C@H](F)CC3)c(N)s2)cc(C)n1. The first-order valence-electron chi connectivity index (χ1n) is 10.4. The molecule has 1 fully saturated rings. The van der Waals surface area contributed by atoms with Crippen molar-refractivity contribution in [2.45, 2.75) is 38.9 Å². The maximum absolute atomic E-state index is 14.1. The van der Waals surface area contributed by atoms with E-state index in [0.29, 0.717) is 47.4 Å². The second-order valence-corrected chi connectivity index (χ2v) is 9.10. The molecule has 1 amide bonds. The van der Waals surface area contributed by atoms with Crippen LogP contribution in [0.5, 0.6) is 0 Å². The summed E-state index contributed by atoms with van der Waals surface area (Å²) >= 11 is 1.26. The number of nitrogens with one attached hydrogen (secondary N) is 1. The molecule has 1 saturated heterocycles. The van der Waals surface area contributed by atoms with E-state index in [2.05, 4.69) is 20.4 Å². The predicted molar refractivity (Wildman–Crippen MR) is 125 cm³/mol. The molecule has 0 bridgehead atoms. The fourth-order valence-corrected chi connectivity index (χ4v) is 4.77. The molecule has 4 rings (SSSR count). The number of amides is 1. The van der Waals surface area contributed by atoms with Gasteiger partial charge < -0.3 is 21.7 Å². The van der Waals surface area contributed by atoms with Crippen molar-refractivity contribution < 1.29 is 9.18 Å². The third kappa shape index (κ3) is 4.44. The monoisotopic (exact) mass is 458 g/mol. The van der Waals surface area contributed by atoms with Crippen LogP contribution < -0.4 is 21.7 Å². The number of halogens is 1. The maximum Gasteiger partial charge on any atom is 0.277 e. The Morgan fingerprint density at radius 1 is 1.22 bits per heavy atom. The zero-order valence-corrected chi connectivity index (χ0v) is 19.1. The average molecular weight is 459 g/mol. The van der Waals surface area contributed by atoms with Crippen molar-refractivity contribution in [3.05, 3.63) is 35.4 Å². The number of anilines is 3. The molecule has 0 radical (unpaired) electrons. The Bertz CT molecular complexity index is 1110. The van der Waals surface area contributed by atoms with Crippen molar-refractivity contribution >= 4 is 33.8 Å². The highest BCUT2D eigenvalue weighted by Crippen LogP contribution is 2.33. The second kappa shape index (κ2) is 8.83. The maximum atomic E-state index is 14.1. The van der Waals surface area contributed by atoms with Crippen LogP contribution in [0.3, 0.4) is 0 Å². The Morgan fingerprint density at radius 3 is 2.62 bits per heavy atom. The minimum atomic E-state index is -1.04. The lowest BCUT2D eigenvalue weighted by atomic mass is 10.1.